The molecule has 0 radical (unpaired) electrons. The minimum atomic E-state index is -0.273. The molecule has 0 aromatic heterocycles. The van der Waals surface area contributed by atoms with Gasteiger partial charge in [0.2, 0.25) is 0 Å². The molecule has 0 aliphatic heterocycles. The molecule has 1 amide bonds. The standard InChI is InChI=1S/C30H29NO4/c1-3-34-26-19-18-24(20-25(26)21-35-28-17-11-10-16-27(28)33-2)30(32)31-29(22-12-6-4-7-13-22)23-14-8-5-9-15-23/h4-20,29H,3,21H2,1-2H3,(H,31,32). The SMILES string of the molecule is CCOc1ccc(C(=O)NC(c2ccccc2)c2ccccc2)cc1COc1ccccc1OC. The minimum absolute atomic E-state index is 0.177. The Kier molecular flexibility index (Phi) is 8.02. The fourth-order valence-corrected chi connectivity index (χ4v) is 3.89. The van der Waals surface area contributed by atoms with Gasteiger partial charge in [0, 0.05) is 11.1 Å². The number of carbonyl (C=O) groups excluding carboxylic acids is 1. The lowest BCUT2D eigenvalue weighted by molar-refractivity contribution is 0.0942. The number of hydrogen-bond donors (Lipinski definition) is 1. The molecule has 0 spiro atoms. The van der Waals surface area contributed by atoms with Crippen LogP contribution >= 0.6 is 0 Å². The molecule has 0 aliphatic carbocycles. The van der Waals surface area contributed by atoms with Crippen molar-refractivity contribution < 1.29 is 19.0 Å². The van der Waals surface area contributed by atoms with Gasteiger partial charge < -0.3 is 19.5 Å². The van der Waals surface area contributed by atoms with Gasteiger partial charge in [-0.1, -0.05) is 72.8 Å². The van der Waals surface area contributed by atoms with E-state index in [1.54, 1.807) is 13.2 Å². The molecular formula is C30H29NO4. The zero-order valence-electron chi connectivity index (χ0n) is 19.9. The second-order valence-corrected chi connectivity index (χ2v) is 7.92. The smallest absolute Gasteiger partial charge is 0.252 e. The van der Waals surface area contributed by atoms with Crippen LogP contribution in [0.15, 0.2) is 103 Å². The molecule has 4 aromatic carbocycles. The first-order valence-electron chi connectivity index (χ1n) is 11.6. The van der Waals surface area contributed by atoms with E-state index in [0.717, 1.165) is 16.7 Å². The summed E-state index contributed by atoms with van der Waals surface area (Å²) in [5.41, 5.74) is 3.33. The number of hydrogen-bond acceptors (Lipinski definition) is 4. The minimum Gasteiger partial charge on any atom is -0.493 e. The summed E-state index contributed by atoms with van der Waals surface area (Å²) in [7, 11) is 1.61. The van der Waals surface area contributed by atoms with Gasteiger partial charge in [-0.15, -0.1) is 0 Å². The van der Waals surface area contributed by atoms with Gasteiger partial charge >= 0.3 is 0 Å². The molecule has 0 atom stereocenters. The Labute approximate surface area is 206 Å². The van der Waals surface area contributed by atoms with Crippen LogP contribution in [0.4, 0.5) is 0 Å². The third-order valence-corrected chi connectivity index (χ3v) is 5.62. The molecule has 4 rings (SSSR count). The van der Waals surface area contributed by atoms with Crippen molar-refractivity contribution in [1.29, 1.82) is 0 Å². The summed E-state index contributed by atoms with van der Waals surface area (Å²) in [4.78, 5) is 13.4. The fraction of sp³-hybridized carbons (Fsp3) is 0.167. The molecule has 0 unspecified atom stereocenters. The molecular weight excluding hydrogens is 438 g/mol. The quantitative estimate of drug-likeness (QED) is 0.302. The molecule has 0 bridgehead atoms. The van der Waals surface area contributed by atoms with Gasteiger partial charge in [-0.2, -0.15) is 0 Å². The summed E-state index contributed by atoms with van der Waals surface area (Å²) in [6.07, 6.45) is 0. The maximum atomic E-state index is 13.4. The van der Waals surface area contributed by atoms with Gasteiger partial charge in [-0.3, -0.25) is 4.79 Å². The van der Waals surface area contributed by atoms with E-state index in [9.17, 15) is 4.79 Å². The molecule has 35 heavy (non-hydrogen) atoms. The van der Waals surface area contributed by atoms with Crippen LogP contribution in [0, 0.1) is 0 Å². The van der Waals surface area contributed by atoms with E-state index in [0.29, 0.717) is 29.4 Å². The average molecular weight is 468 g/mol. The highest BCUT2D eigenvalue weighted by atomic mass is 16.5. The lowest BCUT2D eigenvalue weighted by atomic mass is 9.98. The average Bonchev–Trinajstić information content (AvgIpc) is 2.92. The van der Waals surface area contributed by atoms with Crippen molar-refractivity contribution in [3.05, 3.63) is 125 Å². The first kappa shape index (κ1) is 23.9. The van der Waals surface area contributed by atoms with E-state index in [2.05, 4.69) is 5.32 Å². The zero-order chi connectivity index (χ0) is 24.5. The van der Waals surface area contributed by atoms with E-state index < -0.39 is 0 Å². The number of ether oxygens (including phenoxy) is 3. The Morgan fingerprint density at radius 2 is 1.34 bits per heavy atom. The van der Waals surface area contributed by atoms with Crippen molar-refractivity contribution >= 4 is 5.91 Å². The molecule has 178 valence electrons. The third-order valence-electron chi connectivity index (χ3n) is 5.62. The number of methoxy groups -OCH3 is 1. The summed E-state index contributed by atoms with van der Waals surface area (Å²) < 4.78 is 17.2. The highest BCUT2D eigenvalue weighted by Crippen LogP contribution is 2.29. The van der Waals surface area contributed by atoms with E-state index in [-0.39, 0.29) is 18.6 Å². The van der Waals surface area contributed by atoms with Crippen molar-refractivity contribution in [2.45, 2.75) is 19.6 Å². The molecule has 0 saturated heterocycles. The highest BCUT2D eigenvalue weighted by Gasteiger charge is 2.19. The zero-order valence-corrected chi connectivity index (χ0v) is 19.9. The predicted molar refractivity (Wildman–Crippen MR) is 137 cm³/mol. The monoisotopic (exact) mass is 467 g/mol. The lowest BCUT2D eigenvalue weighted by Crippen LogP contribution is -2.29. The normalized spacial score (nSPS) is 10.6. The molecule has 0 aliphatic rings. The van der Waals surface area contributed by atoms with E-state index >= 15 is 0 Å². The topological polar surface area (TPSA) is 56.8 Å². The predicted octanol–water partition coefficient (Wildman–Crippen LogP) is 6.19. The fourth-order valence-electron chi connectivity index (χ4n) is 3.89. The number of carbonyl (C=O) groups is 1. The summed E-state index contributed by atoms with van der Waals surface area (Å²) in [6, 6.07) is 32.5. The lowest BCUT2D eigenvalue weighted by Gasteiger charge is -2.20. The van der Waals surface area contributed by atoms with Gasteiger partial charge in [-0.25, -0.2) is 0 Å². The first-order valence-corrected chi connectivity index (χ1v) is 11.6. The molecule has 0 fully saturated rings. The van der Waals surface area contributed by atoms with Crippen LogP contribution in [0.5, 0.6) is 17.2 Å². The maximum absolute atomic E-state index is 13.4. The Balaban J connectivity index is 1.59. The molecule has 5 nitrogen and oxygen atoms in total. The van der Waals surface area contributed by atoms with Crippen LogP contribution < -0.4 is 19.5 Å². The Morgan fingerprint density at radius 3 is 1.94 bits per heavy atom. The Hall–Kier alpha value is -4.25. The van der Waals surface area contributed by atoms with E-state index in [1.807, 2.05) is 104 Å². The Morgan fingerprint density at radius 1 is 0.743 bits per heavy atom. The molecule has 4 aromatic rings. The summed E-state index contributed by atoms with van der Waals surface area (Å²) in [5, 5.41) is 3.20. The summed E-state index contributed by atoms with van der Waals surface area (Å²) in [6.45, 7) is 2.67. The first-order chi connectivity index (χ1) is 17.2. The molecule has 5 heteroatoms. The van der Waals surface area contributed by atoms with Gasteiger partial charge in [-0.05, 0) is 48.4 Å². The summed E-state index contributed by atoms with van der Waals surface area (Å²) in [5.74, 6) is 1.78. The van der Waals surface area contributed by atoms with Crippen molar-refractivity contribution in [3.8, 4) is 17.2 Å². The molecule has 0 heterocycles. The number of para-hydroxylation sites is 2. The van der Waals surface area contributed by atoms with E-state index in [1.165, 1.54) is 0 Å². The van der Waals surface area contributed by atoms with Crippen molar-refractivity contribution in [3.63, 3.8) is 0 Å². The van der Waals surface area contributed by atoms with Crippen LogP contribution in [0.1, 0.15) is 40.0 Å². The van der Waals surface area contributed by atoms with Gasteiger partial charge in [0.15, 0.2) is 11.5 Å². The van der Waals surface area contributed by atoms with Crippen LogP contribution in [-0.2, 0) is 6.61 Å². The van der Waals surface area contributed by atoms with Crippen molar-refractivity contribution in [2.75, 3.05) is 13.7 Å². The second kappa shape index (κ2) is 11.7. The Bertz CT molecular complexity index is 1200. The van der Waals surface area contributed by atoms with Crippen molar-refractivity contribution in [1.82, 2.24) is 5.32 Å². The summed E-state index contributed by atoms with van der Waals surface area (Å²) >= 11 is 0. The van der Waals surface area contributed by atoms with Crippen LogP contribution in [0.2, 0.25) is 0 Å². The van der Waals surface area contributed by atoms with Crippen LogP contribution in [0.25, 0.3) is 0 Å². The third kappa shape index (κ3) is 6.01. The van der Waals surface area contributed by atoms with E-state index in [4.69, 9.17) is 14.2 Å². The van der Waals surface area contributed by atoms with Gasteiger partial charge in [0.05, 0.1) is 19.8 Å². The maximum Gasteiger partial charge on any atom is 0.252 e. The van der Waals surface area contributed by atoms with Crippen molar-refractivity contribution in [2.24, 2.45) is 0 Å². The van der Waals surface area contributed by atoms with Gasteiger partial charge in [0.25, 0.3) is 5.91 Å². The highest BCUT2D eigenvalue weighted by molar-refractivity contribution is 5.95. The van der Waals surface area contributed by atoms with Gasteiger partial charge in [0.1, 0.15) is 12.4 Å². The molecule has 0 saturated carbocycles. The number of benzene rings is 4. The van der Waals surface area contributed by atoms with Crippen LogP contribution in [-0.4, -0.2) is 19.6 Å². The molecule has 1 N–H and O–H groups in total. The number of amides is 1. The number of rotatable bonds is 10. The van der Waals surface area contributed by atoms with Crippen LogP contribution in [0.3, 0.4) is 0 Å². The number of nitrogens with one attached hydrogen (secondary N) is 1. The largest absolute Gasteiger partial charge is 0.493 e. The second-order valence-electron chi connectivity index (χ2n) is 7.92.